The van der Waals surface area contributed by atoms with Crippen LogP contribution >= 0.6 is 0 Å². The van der Waals surface area contributed by atoms with Crippen molar-refractivity contribution in [3.05, 3.63) is 66.0 Å². The molecule has 0 bridgehead atoms. The Kier molecular flexibility index (Phi) is 3.54. The summed E-state index contributed by atoms with van der Waals surface area (Å²) in [6, 6.07) is 13.8. The van der Waals surface area contributed by atoms with Crippen molar-refractivity contribution in [2.24, 2.45) is 5.10 Å². The fourth-order valence-electron chi connectivity index (χ4n) is 2.22. The first-order valence-corrected chi connectivity index (χ1v) is 6.65. The van der Waals surface area contributed by atoms with Crippen LogP contribution < -0.4 is 0 Å². The lowest BCUT2D eigenvalue weighted by molar-refractivity contribution is -0.128. The Hall–Kier alpha value is -2.49. The standard InChI is InChI=1S/C16H15N3O/c20-16-12-15(14-4-2-1-3-5-14)18-19(16)11-8-13-6-9-17-10-7-13/h1-7,9-10H,8,11-12H2. The van der Waals surface area contributed by atoms with Crippen molar-refractivity contribution in [3.63, 3.8) is 0 Å². The van der Waals surface area contributed by atoms with E-state index in [1.54, 1.807) is 17.4 Å². The Bertz CT molecular complexity index is 623. The number of hydrogen-bond acceptors (Lipinski definition) is 3. The minimum absolute atomic E-state index is 0.0675. The molecule has 2 aromatic rings. The largest absolute Gasteiger partial charge is 0.273 e. The Labute approximate surface area is 117 Å². The molecule has 2 heterocycles. The van der Waals surface area contributed by atoms with Gasteiger partial charge in [0.2, 0.25) is 5.91 Å². The molecule has 3 rings (SSSR count). The Balaban J connectivity index is 1.68. The molecule has 20 heavy (non-hydrogen) atoms. The van der Waals surface area contributed by atoms with Gasteiger partial charge in [0.1, 0.15) is 0 Å². The average Bonchev–Trinajstić information content (AvgIpc) is 2.88. The number of benzene rings is 1. The van der Waals surface area contributed by atoms with Gasteiger partial charge in [-0.15, -0.1) is 0 Å². The fraction of sp³-hybridized carbons (Fsp3) is 0.188. The van der Waals surface area contributed by atoms with Gasteiger partial charge in [-0.3, -0.25) is 9.78 Å². The third-order valence-electron chi connectivity index (χ3n) is 3.32. The number of hydrazone groups is 1. The fourth-order valence-corrected chi connectivity index (χ4v) is 2.22. The predicted molar refractivity (Wildman–Crippen MR) is 77.3 cm³/mol. The monoisotopic (exact) mass is 265 g/mol. The minimum atomic E-state index is 0.0675. The number of nitrogens with zero attached hydrogens (tertiary/aromatic N) is 3. The molecule has 0 fully saturated rings. The number of carbonyl (C=O) groups is 1. The molecule has 0 saturated heterocycles. The van der Waals surface area contributed by atoms with Crippen LogP contribution in [0.25, 0.3) is 0 Å². The van der Waals surface area contributed by atoms with Crippen LogP contribution in [0.3, 0.4) is 0 Å². The topological polar surface area (TPSA) is 45.6 Å². The predicted octanol–water partition coefficient (Wildman–Crippen LogP) is 2.26. The molecule has 1 aromatic heterocycles. The molecule has 4 nitrogen and oxygen atoms in total. The lowest BCUT2D eigenvalue weighted by atomic mass is 10.1. The van der Waals surface area contributed by atoms with Crippen molar-refractivity contribution in [2.75, 3.05) is 6.54 Å². The molecule has 0 saturated carbocycles. The molecule has 4 heteroatoms. The van der Waals surface area contributed by atoms with Crippen LogP contribution in [0.1, 0.15) is 17.5 Å². The Morgan fingerprint density at radius 3 is 2.55 bits per heavy atom. The summed E-state index contributed by atoms with van der Waals surface area (Å²) < 4.78 is 0. The van der Waals surface area contributed by atoms with Crippen molar-refractivity contribution in [3.8, 4) is 0 Å². The average molecular weight is 265 g/mol. The highest BCUT2D eigenvalue weighted by Crippen LogP contribution is 2.15. The van der Waals surface area contributed by atoms with E-state index in [0.29, 0.717) is 13.0 Å². The minimum Gasteiger partial charge on any atom is -0.273 e. The van der Waals surface area contributed by atoms with Crippen LogP contribution in [0, 0.1) is 0 Å². The zero-order valence-corrected chi connectivity index (χ0v) is 11.1. The van der Waals surface area contributed by atoms with Gasteiger partial charge >= 0.3 is 0 Å². The van der Waals surface area contributed by atoms with Gasteiger partial charge in [0.25, 0.3) is 0 Å². The van der Waals surface area contributed by atoms with E-state index in [-0.39, 0.29) is 5.91 Å². The lowest BCUT2D eigenvalue weighted by Gasteiger charge is -2.11. The molecule has 0 atom stereocenters. The molecule has 1 amide bonds. The van der Waals surface area contributed by atoms with E-state index in [9.17, 15) is 4.79 Å². The second kappa shape index (κ2) is 5.65. The van der Waals surface area contributed by atoms with E-state index in [1.165, 1.54) is 0 Å². The van der Waals surface area contributed by atoms with Gasteiger partial charge in [0.15, 0.2) is 0 Å². The van der Waals surface area contributed by atoms with E-state index in [2.05, 4.69) is 10.1 Å². The van der Waals surface area contributed by atoms with Gasteiger partial charge in [-0.1, -0.05) is 30.3 Å². The van der Waals surface area contributed by atoms with Crippen LogP contribution in [0.5, 0.6) is 0 Å². The number of aromatic nitrogens is 1. The summed E-state index contributed by atoms with van der Waals surface area (Å²) >= 11 is 0. The first-order chi connectivity index (χ1) is 9.83. The number of hydrogen-bond donors (Lipinski definition) is 0. The molecule has 0 unspecified atom stereocenters. The molecular weight excluding hydrogens is 250 g/mol. The van der Waals surface area contributed by atoms with E-state index in [4.69, 9.17) is 0 Å². The maximum atomic E-state index is 12.0. The smallest absolute Gasteiger partial charge is 0.248 e. The summed E-state index contributed by atoms with van der Waals surface area (Å²) in [6.45, 7) is 0.610. The van der Waals surface area contributed by atoms with Crippen LogP contribution in [-0.2, 0) is 11.2 Å². The quantitative estimate of drug-likeness (QED) is 0.851. The molecule has 0 aliphatic carbocycles. The maximum Gasteiger partial charge on any atom is 0.248 e. The second-order valence-electron chi connectivity index (χ2n) is 4.71. The molecule has 100 valence electrons. The summed E-state index contributed by atoms with van der Waals surface area (Å²) in [5.41, 5.74) is 3.04. The van der Waals surface area contributed by atoms with Crippen LogP contribution in [0.4, 0.5) is 0 Å². The summed E-state index contributed by atoms with van der Waals surface area (Å²) in [5, 5.41) is 6.01. The van der Waals surface area contributed by atoms with Crippen LogP contribution in [-0.4, -0.2) is 28.2 Å². The molecule has 0 spiro atoms. The highest BCUT2D eigenvalue weighted by molar-refractivity contribution is 6.13. The normalized spacial score (nSPS) is 14.5. The van der Waals surface area contributed by atoms with Gasteiger partial charge < -0.3 is 0 Å². The van der Waals surface area contributed by atoms with Crippen LogP contribution in [0.15, 0.2) is 60.0 Å². The highest BCUT2D eigenvalue weighted by Gasteiger charge is 2.24. The van der Waals surface area contributed by atoms with Crippen molar-refractivity contribution in [1.82, 2.24) is 9.99 Å². The summed E-state index contributed by atoms with van der Waals surface area (Å²) in [7, 11) is 0. The number of pyridine rings is 1. The van der Waals surface area contributed by atoms with Crippen LogP contribution in [0.2, 0.25) is 0 Å². The van der Waals surface area contributed by atoms with Crippen molar-refractivity contribution >= 4 is 11.6 Å². The summed E-state index contributed by atoms with van der Waals surface area (Å²) in [5.74, 6) is 0.0675. The van der Waals surface area contributed by atoms with E-state index in [0.717, 1.165) is 23.3 Å². The third kappa shape index (κ3) is 2.74. The number of rotatable bonds is 4. The number of carbonyl (C=O) groups excluding carboxylic acids is 1. The van der Waals surface area contributed by atoms with Gasteiger partial charge in [-0.25, -0.2) is 5.01 Å². The Morgan fingerprint density at radius 1 is 1.05 bits per heavy atom. The first-order valence-electron chi connectivity index (χ1n) is 6.65. The van der Waals surface area contributed by atoms with E-state index >= 15 is 0 Å². The van der Waals surface area contributed by atoms with Gasteiger partial charge in [-0.2, -0.15) is 5.10 Å². The molecular formula is C16H15N3O. The zero-order valence-electron chi connectivity index (χ0n) is 11.1. The van der Waals surface area contributed by atoms with Gasteiger partial charge in [-0.05, 0) is 29.7 Å². The second-order valence-corrected chi connectivity index (χ2v) is 4.71. The number of amides is 1. The zero-order chi connectivity index (χ0) is 13.8. The maximum absolute atomic E-state index is 12.0. The molecule has 1 aromatic carbocycles. The van der Waals surface area contributed by atoms with Gasteiger partial charge in [0.05, 0.1) is 12.1 Å². The highest BCUT2D eigenvalue weighted by atomic mass is 16.2. The molecule has 0 N–H and O–H groups in total. The summed E-state index contributed by atoms with van der Waals surface area (Å²) in [4.78, 5) is 16.0. The van der Waals surface area contributed by atoms with E-state index in [1.807, 2.05) is 42.5 Å². The van der Waals surface area contributed by atoms with Crippen molar-refractivity contribution in [1.29, 1.82) is 0 Å². The SMILES string of the molecule is O=C1CC(c2ccccc2)=NN1CCc1ccncc1. The summed E-state index contributed by atoms with van der Waals surface area (Å²) in [6.07, 6.45) is 4.71. The van der Waals surface area contributed by atoms with Crippen molar-refractivity contribution in [2.45, 2.75) is 12.8 Å². The third-order valence-corrected chi connectivity index (χ3v) is 3.32. The first kappa shape index (κ1) is 12.5. The molecule has 1 aliphatic heterocycles. The molecule has 0 radical (unpaired) electrons. The Morgan fingerprint density at radius 2 is 1.80 bits per heavy atom. The molecule has 1 aliphatic rings. The van der Waals surface area contributed by atoms with Gasteiger partial charge in [0, 0.05) is 18.9 Å². The lowest BCUT2D eigenvalue weighted by Crippen LogP contribution is -2.23. The van der Waals surface area contributed by atoms with E-state index < -0.39 is 0 Å². The van der Waals surface area contributed by atoms with Crippen molar-refractivity contribution < 1.29 is 4.79 Å².